The Balaban J connectivity index is 1.58. The van der Waals surface area contributed by atoms with E-state index in [1.54, 1.807) is 12.1 Å². The van der Waals surface area contributed by atoms with Gasteiger partial charge in [0.2, 0.25) is 11.1 Å². The highest BCUT2D eigenvalue weighted by Crippen LogP contribution is 2.22. The summed E-state index contributed by atoms with van der Waals surface area (Å²) in [6.07, 6.45) is 0.998. The van der Waals surface area contributed by atoms with Gasteiger partial charge in [0.25, 0.3) is 0 Å². The molecule has 0 saturated carbocycles. The minimum Gasteiger partial charge on any atom is -0.324 e. The third-order valence-electron chi connectivity index (χ3n) is 3.58. The molecule has 0 atom stereocenters. The summed E-state index contributed by atoms with van der Waals surface area (Å²) in [4.78, 5) is 16.5. The molecule has 0 unspecified atom stereocenters. The van der Waals surface area contributed by atoms with Crippen LogP contribution in [0, 0.1) is 0 Å². The fourth-order valence-electron chi connectivity index (χ4n) is 2.22. The van der Waals surface area contributed by atoms with Crippen molar-refractivity contribution in [3.8, 4) is 11.4 Å². The number of nitrogens with one attached hydrogen (secondary N) is 2. The van der Waals surface area contributed by atoms with Gasteiger partial charge in [0.1, 0.15) is 0 Å². The fourth-order valence-corrected chi connectivity index (χ4v) is 3.00. The monoisotopic (exact) mass is 372 g/mol. The molecule has 7 heteroatoms. The standard InChI is InChI=1S/C18H17ClN4OS/c1-2-12-7-9-13(10-8-12)17-21-18(23-22-17)25-11-16(24)20-15-6-4-3-5-14(15)19/h3-10H,2,11H2,1H3,(H,20,24)(H,21,22,23). The second kappa shape index (κ2) is 8.18. The van der Waals surface area contributed by atoms with Gasteiger partial charge in [-0.1, -0.05) is 66.7 Å². The first-order valence-corrected chi connectivity index (χ1v) is 9.21. The number of aryl methyl sites for hydroxylation is 1. The van der Waals surface area contributed by atoms with Crippen molar-refractivity contribution in [2.45, 2.75) is 18.5 Å². The Kier molecular flexibility index (Phi) is 5.73. The average Bonchev–Trinajstić information content (AvgIpc) is 3.11. The van der Waals surface area contributed by atoms with Gasteiger partial charge >= 0.3 is 0 Å². The SMILES string of the molecule is CCc1ccc(-c2nc(SCC(=O)Nc3ccccc3Cl)n[nH]2)cc1. The number of hydrogen-bond donors (Lipinski definition) is 2. The van der Waals surface area contributed by atoms with Gasteiger partial charge in [-0.25, -0.2) is 4.98 Å². The summed E-state index contributed by atoms with van der Waals surface area (Å²) in [5, 5.41) is 10.9. The summed E-state index contributed by atoms with van der Waals surface area (Å²) in [5.74, 6) is 0.741. The normalized spacial score (nSPS) is 10.6. The Labute approximate surface area is 155 Å². The Hall–Kier alpha value is -2.31. The van der Waals surface area contributed by atoms with Gasteiger partial charge in [-0.2, -0.15) is 0 Å². The molecule has 0 aliphatic heterocycles. The van der Waals surface area contributed by atoms with Gasteiger partial charge < -0.3 is 5.32 Å². The minimum absolute atomic E-state index is 0.156. The lowest BCUT2D eigenvalue weighted by molar-refractivity contribution is -0.113. The van der Waals surface area contributed by atoms with E-state index in [9.17, 15) is 4.79 Å². The molecule has 1 amide bonds. The molecule has 0 aliphatic rings. The molecule has 1 heterocycles. The van der Waals surface area contributed by atoms with Crippen LogP contribution in [-0.2, 0) is 11.2 Å². The van der Waals surface area contributed by atoms with Crippen molar-refractivity contribution in [3.63, 3.8) is 0 Å². The van der Waals surface area contributed by atoms with Crippen LogP contribution in [0.4, 0.5) is 5.69 Å². The first kappa shape index (κ1) is 17.5. The maximum atomic E-state index is 12.0. The molecular formula is C18H17ClN4OS. The van der Waals surface area contributed by atoms with E-state index in [1.807, 2.05) is 24.3 Å². The van der Waals surface area contributed by atoms with E-state index in [2.05, 4.69) is 39.6 Å². The summed E-state index contributed by atoms with van der Waals surface area (Å²) in [6, 6.07) is 15.3. The Morgan fingerprint density at radius 1 is 1.20 bits per heavy atom. The summed E-state index contributed by atoms with van der Waals surface area (Å²) in [7, 11) is 0. The molecule has 3 aromatic rings. The largest absolute Gasteiger partial charge is 0.324 e. The Bertz CT molecular complexity index is 864. The van der Waals surface area contributed by atoms with Gasteiger partial charge in [0.15, 0.2) is 5.82 Å². The smallest absolute Gasteiger partial charge is 0.234 e. The summed E-state index contributed by atoms with van der Waals surface area (Å²) in [6.45, 7) is 2.12. The summed E-state index contributed by atoms with van der Waals surface area (Å²) < 4.78 is 0. The van der Waals surface area contributed by atoms with Crippen LogP contribution >= 0.6 is 23.4 Å². The number of rotatable bonds is 6. The van der Waals surface area contributed by atoms with E-state index in [1.165, 1.54) is 17.3 Å². The van der Waals surface area contributed by atoms with Crippen LogP contribution in [0.3, 0.4) is 0 Å². The molecule has 0 bridgehead atoms. The lowest BCUT2D eigenvalue weighted by atomic mass is 10.1. The fraction of sp³-hybridized carbons (Fsp3) is 0.167. The van der Waals surface area contributed by atoms with E-state index in [0.29, 0.717) is 21.7 Å². The van der Waals surface area contributed by atoms with E-state index in [4.69, 9.17) is 11.6 Å². The molecule has 128 valence electrons. The predicted octanol–water partition coefficient (Wildman–Crippen LogP) is 4.42. The number of amides is 1. The number of anilines is 1. The predicted molar refractivity (Wildman–Crippen MR) is 102 cm³/mol. The van der Waals surface area contributed by atoms with E-state index in [0.717, 1.165) is 12.0 Å². The topological polar surface area (TPSA) is 70.7 Å². The van der Waals surface area contributed by atoms with Crippen molar-refractivity contribution in [1.29, 1.82) is 0 Å². The van der Waals surface area contributed by atoms with E-state index >= 15 is 0 Å². The first-order chi connectivity index (χ1) is 12.2. The number of nitrogens with zero attached hydrogens (tertiary/aromatic N) is 2. The number of carbonyl (C=O) groups is 1. The zero-order chi connectivity index (χ0) is 17.6. The molecule has 0 radical (unpaired) electrons. The molecule has 2 aromatic carbocycles. The molecule has 0 saturated heterocycles. The highest BCUT2D eigenvalue weighted by Gasteiger charge is 2.10. The first-order valence-electron chi connectivity index (χ1n) is 7.84. The Morgan fingerprint density at radius 2 is 1.96 bits per heavy atom. The van der Waals surface area contributed by atoms with Crippen molar-refractivity contribution in [1.82, 2.24) is 15.2 Å². The highest BCUT2D eigenvalue weighted by molar-refractivity contribution is 7.99. The van der Waals surface area contributed by atoms with Crippen molar-refractivity contribution >= 4 is 35.0 Å². The highest BCUT2D eigenvalue weighted by atomic mass is 35.5. The molecule has 0 aliphatic carbocycles. The lowest BCUT2D eigenvalue weighted by Crippen LogP contribution is -2.14. The quantitative estimate of drug-likeness (QED) is 0.628. The maximum Gasteiger partial charge on any atom is 0.234 e. The second-order valence-electron chi connectivity index (χ2n) is 5.33. The van der Waals surface area contributed by atoms with E-state index in [-0.39, 0.29) is 11.7 Å². The lowest BCUT2D eigenvalue weighted by Gasteiger charge is -2.05. The molecule has 3 rings (SSSR count). The average molecular weight is 373 g/mol. The number of thioether (sulfide) groups is 1. The van der Waals surface area contributed by atoms with Crippen LogP contribution in [0.1, 0.15) is 12.5 Å². The zero-order valence-corrected chi connectivity index (χ0v) is 15.2. The Morgan fingerprint density at radius 3 is 2.68 bits per heavy atom. The molecule has 1 aromatic heterocycles. The second-order valence-corrected chi connectivity index (χ2v) is 6.68. The van der Waals surface area contributed by atoms with Gasteiger partial charge in [-0.05, 0) is 24.1 Å². The molecule has 25 heavy (non-hydrogen) atoms. The number of aromatic nitrogens is 3. The molecule has 0 fully saturated rings. The molecule has 2 N–H and O–H groups in total. The molecule has 5 nitrogen and oxygen atoms in total. The van der Waals surface area contributed by atoms with Gasteiger partial charge in [-0.15, -0.1) is 5.10 Å². The zero-order valence-electron chi connectivity index (χ0n) is 13.6. The van der Waals surface area contributed by atoms with Crippen LogP contribution in [0.5, 0.6) is 0 Å². The summed E-state index contributed by atoms with van der Waals surface area (Å²) >= 11 is 7.30. The van der Waals surface area contributed by atoms with Gasteiger partial charge in [0.05, 0.1) is 16.5 Å². The van der Waals surface area contributed by atoms with Crippen LogP contribution in [0.2, 0.25) is 5.02 Å². The number of H-pyrrole nitrogens is 1. The number of halogens is 1. The van der Waals surface area contributed by atoms with Crippen LogP contribution in [-0.4, -0.2) is 26.8 Å². The molecular weight excluding hydrogens is 356 g/mol. The van der Waals surface area contributed by atoms with Crippen molar-refractivity contribution in [3.05, 3.63) is 59.1 Å². The van der Waals surface area contributed by atoms with Gasteiger partial charge in [-0.3, -0.25) is 9.89 Å². The number of aromatic amines is 1. The van der Waals surface area contributed by atoms with Crippen LogP contribution in [0.25, 0.3) is 11.4 Å². The maximum absolute atomic E-state index is 12.0. The minimum atomic E-state index is -0.156. The van der Waals surface area contributed by atoms with Crippen molar-refractivity contribution < 1.29 is 4.79 Å². The van der Waals surface area contributed by atoms with Crippen molar-refractivity contribution in [2.24, 2.45) is 0 Å². The number of para-hydroxylation sites is 1. The van der Waals surface area contributed by atoms with Crippen molar-refractivity contribution in [2.75, 3.05) is 11.1 Å². The van der Waals surface area contributed by atoms with Crippen LogP contribution in [0.15, 0.2) is 53.7 Å². The summed E-state index contributed by atoms with van der Waals surface area (Å²) in [5.41, 5.74) is 2.84. The number of benzene rings is 2. The molecule has 0 spiro atoms. The van der Waals surface area contributed by atoms with Gasteiger partial charge in [0, 0.05) is 5.56 Å². The number of carbonyl (C=O) groups excluding carboxylic acids is 1. The third-order valence-corrected chi connectivity index (χ3v) is 4.76. The third kappa shape index (κ3) is 4.61. The van der Waals surface area contributed by atoms with E-state index < -0.39 is 0 Å². The number of hydrogen-bond acceptors (Lipinski definition) is 4. The van der Waals surface area contributed by atoms with Crippen LogP contribution < -0.4 is 5.32 Å².